The van der Waals surface area contributed by atoms with E-state index in [1.165, 1.54) is 0 Å². The van der Waals surface area contributed by atoms with E-state index in [2.05, 4.69) is 0 Å². The normalized spacial score (nSPS) is 29.0. The molecule has 2 aliphatic heterocycles. The number of likely N-dealkylation sites (tertiary alicyclic amines) is 1. The molecule has 2 aliphatic rings. The maximum Gasteiger partial charge on any atom is 0.317 e. The topological polar surface area (TPSA) is 55.8 Å². The molecule has 2 aromatic rings. The summed E-state index contributed by atoms with van der Waals surface area (Å²) in [5, 5.41) is 0. The Kier molecular flexibility index (Phi) is 4.71. The quantitative estimate of drug-likeness (QED) is 0.748. The van der Waals surface area contributed by atoms with Gasteiger partial charge in [-0.05, 0) is 25.0 Å². The van der Waals surface area contributed by atoms with Crippen molar-refractivity contribution in [3.8, 4) is 0 Å². The van der Waals surface area contributed by atoms with E-state index in [1.807, 2.05) is 67.6 Å². The number of benzene rings is 2. The Hall–Kier alpha value is -2.66. The van der Waals surface area contributed by atoms with E-state index < -0.39 is 17.1 Å². The van der Waals surface area contributed by atoms with Gasteiger partial charge in [-0.15, -0.1) is 0 Å². The molecule has 1 amide bonds. The molecule has 0 spiro atoms. The highest BCUT2D eigenvalue weighted by Gasteiger charge is 2.67. The first kappa shape index (κ1) is 18.7. The molecular weight excluding hydrogens is 354 g/mol. The van der Waals surface area contributed by atoms with Crippen LogP contribution >= 0.6 is 0 Å². The van der Waals surface area contributed by atoms with E-state index in [1.54, 1.807) is 11.8 Å². The van der Waals surface area contributed by atoms with E-state index in [4.69, 9.17) is 9.47 Å². The second-order valence-electron chi connectivity index (χ2n) is 7.83. The molecule has 146 valence electrons. The molecule has 2 unspecified atom stereocenters. The molecule has 3 atom stereocenters. The minimum atomic E-state index is -0.980. The number of carbonyl (C=O) groups is 2. The van der Waals surface area contributed by atoms with Gasteiger partial charge in [0.15, 0.2) is 6.10 Å². The minimum Gasteiger partial charge on any atom is -0.465 e. The number of nitrogens with zero attached hydrogens (tertiary/aromatic N) is 1. The van der Waals surface area contributed by atoms with Gasteiger partial charge in [0.25, 0.3) is 5.91 Å². The Balaban J connectivity index is 1.66. The smallest absolute Gasteiger partial charge is 0.317 e. The van der Waals surface area contributed by atoms with Crippen molar-refractivity contribution in [1.82, 2.24) is 4.90 Å². The van der Waals surface area contributed by atoms with Gasteiger partial charge in [0, 0.05) is 19.5 Å². The molecule has 2 aromatic carbocycles. The Morgan fingerprint density at radius 2 is 1.79 bits per heavy atom. The zero-order valence-electron chi connectivity index (χ0n) is 16.3. The van der Waals surface area contributed by atoms with Crippen LogP contribution in [0.25, 0.3) is 0 Å². The summed E-state index contributed by atoms with van der Waals surface area (Å²) in [4.78, 5) is 28.0. The van der Waals surface area contributed by atoms with Crippen LogP contribution in [0.3, 0.4) is 0 Å². The average Bonchev–Trinajstić information content (AvgIpc) is 3.15. The van der Waals surface area contributed by atoms with Crippen molar-refractivity contribution in [3.05, 3.63) is 71.8 Å². The minimum absolute atomic E-state index is 0.142. The van der Waals surface area contributed by atoms with Crippen LogP contribution in [-0.4, -0.2) is 36.0 Å². The fourth-order valence-corrected chi connectivity index (χ4v) is 4.54. The van der Waals surface area contributed by atoms with Crippen LogP contribution in [0.5, 0.6) is 0 Å². The van der Waals surface area contributed by atoms with Gasteiger partial charge in [-0.2, -0.15) is 0 Å². The zero-order chi connectivity index (χ0) is 19.8. The molecule has 0 radical (unpaired) electrons. The van der Waals surface area contributed by atoms with Crippen molar-refractivity contribution in [1.29, 1.82) is 0 Å². The number of amides is 1. The lowest BCUT2D eigenvalue weighted by molar-refractivity contribution is -0.158. The summed E-state index contributed by atoms with van der Waals surface area (Å²) < 4.78 is 11.7. The fraction of sp³-hybridized carbons (Fsp3) is 0.391. The first-order valence-electron chi connectivity index (χ1n) is 9.72. The number of hydrogen-bond acceptors (Lipinski definition) is 4. The van der Waals surface area contributed by atoms with Gasteiger partial charge in [-0.1, -0.05) is 60.7 Å². The third-order valence-corrected chi connectivity index (χ3v) is 5.82. The van der Waals surface area contributed by atoms with E-state index in [0.717, 1.165) is 11.1 Å². The monoisotopic (exact) mass is 379 g/mol. The number of fused-ring (bicyclic) bond motifs is 1. The van der Waals surface area contributed by atoms with Crippen LogP contribution in [0.1, 0.15) is 31.4 Å². The SMILES string of the molecule is CCOC(=O)[C@]12CN(Cc3ccccc3)C(=O)C1OC(C)(c1ccccc1)C2. The molecule has 0 saturated carbocycles. The van der Waals surface area contributed by atoms with Crippen LogP contribution in [0.2, 0.25) is 0 Å². The Bertz CT molecular complexity index is 869. The highest BCUT2D eigenvalue weighted by Crippen LogP contribution is 2.54. The van der Waals surface area contributed by atoms with Crippen molar-refractivity contribution < 1.29 is 19.1 Å². The number of carbonyl (C=O) groups excluding carboxylic acids is 2. The van der Waals surface area contributed by atoms with E-state index >= 15 is 0 Å². The van der Waals surface area contributed by atoms with Crippen molar-refractivity contribution in [3.63, 3.8) is 0 Å². The predicted molar refractivity (Wildman–Crippen MR) is 104 cm³/mol. The lowest BCUT2D eigenvalue weighted by Gasteiger charge is -2.29. The molecule has 0 bridgehead atoms. The molecule has 0 aliphatic carbocycles. The average molecular weight is 379 g/mol. The van der Waals surface area contributed by atoms with E-state index in [0.29, 0.717) is 19.5 Å². The molecule has 0 aromatic heterocycles. The van der Waals surface area contributed by atoms with Crippen molar-refractivity contribution in [2.24, 2.45) is 5.41 Å². The number of esters is 1. The van der Waals surface area contributed by atoms with Crippen LogP contribution in [0.15, 0.2) is 60.7 Å². The Labute approximate surface area is 165 Å². The Morgan fingerprint density at radius 3 is 2.43 bits per heavy atom. The highest BCUT2D eigenvalue weighted by atomic mass is 16.6. The second-order valence-corrected chi connectivity index (χ2v) is 7.83. The van der Waals surface area contributed by atoms with Crippen LogP contribution in [-0.2, 0) is 31.2 Å². The summed E-state index contributed by atoms with van der Waals surface area (Å²) in [6.07, 6.45) is -0.398. The lowest BCUT2D eigenvalue weighted by Crippen LogP contribution is -2.40. The van der Waals surface area contributed by atoms with Gasteiger partial charge >= 0.3 is 5.97 Å². The standard InChI is InChI=1S/C23H25NO4/c1-3-27-21(26)23-15-22(2,18-12-8-5-9-13-18)28-19(23)20(25)24(16-23)14-17-10-6-4-7-11-17/h4-13,19H,3,14-16H2,1-2H3/t19?,22?,23-/m1/s1. The Morgan fingerprint density at radius 1 is 1.14 bits per heavy atom. The van der Waals surface area contributed by atoms with Crippen molar-refractivity contribution >= 4 is 11.9 Å². The lowest BCUT2D eigenvalue weighted by atomic mass is 9.76. The van der Waals surface area contributed by atoms with Gasteiger partial charge < -0.3 is 14.4 Å². The summed E-state index contributed by atoms with van der Waals surface area (Å²) in [6.45, 7) is 4.79. The number of rotatable bonds is 5. The van der Waals surface area contributed by atoms with Crippen LogP contribution in [0.4, 0.5) is 0 Å². The van der Waals surface area contributed by atoms with Crippen molar-refractivity contribution in [2.45, 2.75) is 38.5 Å². The molecule has 5 heteroatoms. The third-order valence-electron chi connectivity index (χ3n) is 5.82. The molecule has 28 heavy (non-hydrogen) atoms. The van der Waals surface area contributed by atoms with E-state index in [9.17, 15) is 9.59 Å². The maximum absolute atomic E-state index is 13.2. The summed E-state index contributed by atoms with van der Waals surface area (Å²) in [5.74, 6) is -0.486. The van der Waals surface area contributed by atoms with Gasteiger partial charge in [0.1, 0.15) is 5.41 Å². The fourth-order valence-electron chi connectivity index (χ4n) is 4.54. The zero-order valence-corrected chi connectivity index (χ0v) is 16.3. The van der Waals surface area contributed by atoms with Gasteiger partial charge in [-0.25, -0.2) is 0 Å². The molecule has 5 nitrogen and oxygen atoms in total. The highest BCUT2D eigenvalue weighted by molar-refractivity contribution is 5.94. The molecular formula is C23H25NO4. The van der Waals surface area contributed by atoms with Crippen LogP contribution in [0, 0.1) is 5.41 Å². The number of ether oxygens (including phenoxy) is 2. The predicted octanol–water partition coefficient (Wildman–Crippen LogP) is 3.28. The van der Waals surface area contributed by atoms with Gasteiger partial charge in [0.2, 0.25) is 0 Å². The van der Waals surface area contributed by atoms with Crippen LogP contribution < -0.4 is 0 Å². The maximum atomic E-state index is 13.2. The summed E-state index contributed by atoms with van der Waals surface area (Å²) in [6, 6.07) is 19.6. The summed E-state index contributed by atoms with van der Waals surface area (Å²) in [5.41, 5.74) is 0.316. The second kappa shape index (κ2) is 7.06. The largest absolute Gasteiger partial charge is 0.465 e. The number of hydrogen-bond donors (Lipinski definition) is 0. The summed E-state index contributed by atoms with van der Waals surface area (Å²) in [7, 11) is 0. The van der Waals surface area contributed by atoms with Gasteiger partial charge in [0.05, 0.1) is 12.2 Å². The summed E-state index contributed by atoms with van der Waals surface area (Å²) >= 11 is 0. The van der Waals surface area contributed by atoms with E-state index in [-0.39, 0.29) is 18.5 Å². The molecule has 2 heterocycles. The van der Waals surface area contributed by atoms with Crippen molar-refractivity contribution in [2.75, 3.05) is 13.2 Å². The molecule has 2 saturated heterocycles. The molecule has 4 rings (SSSR count). The molecule has 2 fully saturated rings. The van der Waals surface area contributed by atoms with Gasteiger partial charge in [-0.3, -0.25) is 9.59 Å². The first-order valence-corrected chi connectivity index (χ1v) is 9.72. The molecule has 0 N–H and O–H groups in total. The third kappa shape index (κ3) is 3.00. The first-order chi connectivity index (χ1) is 13.5.